The largest absolute Gasteiger partial charge is 0.399 e. The molecule has 0 atom stereocenters. The third kappa shape index (κ3) is 3.78. The predicted molar refractivity (Wildman–Crippen MR) is 82.7 cm³/mol. The van der Waals surface area contributed by atoms with E-state index in [1.54, 1.807) is 7.11 Å². The van der Waals surface area contributed by atoms with Crippen LogP contribution in [0.15, 0.2) is 18.2 Å². The Hall–Kier alpha value is -1.95. The van der Waals surface area contributed by atoms with Crippen molar-refractivity contribution in [2.45, 2.75) is 33.7 Å². The van der Waals surface area contributed by atoms with Crippen molar-refractivity contribution in [3.05, 3.63) is 23.8 Å². The number of methoxy groups -OCH3 is 1. The molecule has 0 radical (unpaired) electrons. The number of hydrogen-bond acceptors (Lipinski definition) is 5. The van der Waals surface area contributed by atoms with Crippen LogP contribution in [0.25, 0.3) is 11.4 Å². The Morgan fingerprint density at radius 3 is 2.76 bits per heavy atom. The highest BCUT2D eigenvalue weighted by Gasteiger charge is 2.21. The van der Waals surface area contributed by atoms with E-state index in [4.69, 9.17) is 10.5 Å². The molecule has 0 aliphatic carbocycles. The van der Waals surface area contributed by atoms with Crippen molar-refractivity contribution in [1.29, 1.82) is 0 Å². The maximum absolute atomic E-state index is 5.86. The van der Waals surface area contributed by atoms with Crippen LogP contribution in [0.1, 0.15) is 25.8 Å². The fourth-order valence-corrected chi connectivity index (χ4v) is 2.20. The molecule has 0 saturated carbocycles. The van der Waals surface area contributed by atoms with Gasteiger partial charge in [0, 0.05) is 25.0 Å². The normalized spacial score (nSPS) is 11.8. The molecule has 0 amide bonds. The lowest BCUT2D eigenvalue weighted by atomic mass is 9.89. The minimum Gasteiger partial charge on any atom is -0.399 e. The summed E-state index contributed by atoms with van der Waals surface area (Å²) in [6.45, 7) is 7.82. The van der Waals surface area contributed by atoms with E-state index in [1.165, 1.54) is 0 Å². The lowest BCUT2D eigenvalue weighted by Crippen LogP contribution is -2.23. The van der Waals surface area contributed by atoms with Crippen molar-refractivity contribution in [2.24, 2.45) is 5.41 Å². The van der Waals surface area contributed by atoms with Crippen LogP contribution in [0.4, 0.5) is 5.69 Å². The molecule has 1 aromatic carbocycles. The molecule has 0 aliphatic rings. The van der Waals surface area contributed by atoms with Crippen molar-refractivity contribution in [3.63, 3.8) is 0 Å². The number of aryl methyl sites for hydroxylation is 1. The number of hydrogen-bond donors (Lipinski definition) is 1. The van der Waals surface area contributed by atoms with Gasteiger partial charge in [-0.25, -0.2) is 4.68 Å². The van der Waals surface area contributed by atoms with E-state index in [2.05, 4.69) is 29.4 Å². The Morgan fingerprint density at radius 1 is 1.33 bits per heavy atom. The molecule has 6 heteroatoms. The Morgan fingerprint density at radius 2 is 2.10 bits per heavy atom. The molecule has 0 bridgehead atoms. The van der Waals surface area contributed by atoms with Crippen LogP contribution in [0.5, 0.6) is 0 Å². The van der Waals surface area contributed by atoms with Gasteiger partial charge in [-0.2, -0.15) is 0 Å². The predicted octanol–water partition coefficient (Wildman–Crippen LogP) is 2.29. The van der Waals surface area contributed by atoms with E-state index in [9.17, 15) is 0 Å². The first-order valence-electron chi connectivity index (χ1n) is 7.04. The van der Waals surface area contributed by atoms with Crippen LogP contribution in [0, 0.1) is 12.3 Å². The van der Waals surface area contributed by atoms with E-state index < -0.39 is 0 Å². The van der Waals surface area contributed by atoms with E-state index in [1.807, 2.05) is 29.8 Å². The second-order valence-electron chi connectivity index (χ2n) is 6.14. The van der Waals surface area contributed by atoms with Crippen LogP contribution < -0.4 is 5.73 Å². The van der Waals surface area contributed by atoms with Crippen molar-refractivity contribution in [1.82, 2.24) is 20.2 Å². The SMILES string of the molecule is COCCC(C)(C)Cn1nnnc1-c1ccc(N)c(C)c1. The molecule has 0 aliphatic heterocycles. The van der Waals surface area contributed by atoms with Gasteiger partial charge in [-0.1, -0.05) is 13.8 Å². The highest BCUT2D eigenvalue weighted by atomic mass is 16.5. The van der Waals surface area contributed by atoms with Crippen molar-refractivity contribution >= 4 is 5.69 Å². The average molecular weight is 289 g/mol. The summed E-state index contributed by atoms with van der Waals surface area (Å²) in [5, 5.41) is 12.1. The molecular formula is C15H23N5O. The van der Waals surface area contributed by atoms with E-state index in [0.29, 0.717) is 0 Å². The summed E-state index contributed by atoms with van der Waals surface area (Å²) in [7, 11) is 1.72. The van der Waals surface area contributed by atoms with Crippen LogP contribution in [-0.2, 0) is 11.3 Å². The number of tetrazole rings is 1. The number of ether oxygens (including phenoxy) is 1. The fourth-order valence-electron chi connectivity index (χ4n) is 2.20. The van der Waals surface area contributed by atoms with E-state index in [-0.39, 0.29) is 5.41 Å². The number of benzene rings is 1. The topological polar surface area (TPSA) is 78.8 Å². The molecule has 0 spiro atoms. The first-order chi connectivity index (χ1) is 9.93. The third-order valence-electron chi connectivity index (χ3n) is 3.62. The van der Waals surface area contributed by atoms with Crippen molar-refractivity contribution in [2.75, 3.05) is 19.5 Å². The molecule has 0 fully saturated rings. The van der Waals surface area contributed by atoms with Crippen molar-refractivity contribution < 1.29 is 4.74 Å². The Bertz CT molecular complexity index is 606. The van der Waals surface area contributed by atoms with Gasteiger partial charge in [0.25, 0.3) is 0 Å². The molecule has 2 N–H and O–H groups in total. The maximum Gasteiger partial charge on any atom is 0.182 e. The second-order valence-corrected chi connectivity index (χ2v) is 6.14. The lowest BCUT2D eigenvalue weighted by molar-refractivity contribution is 0.140. The molecule has 2 aromatic rings. The Kier molecular flexibility index (Phi) is 4.57. The average Bonchev–Trinajstić information content (AvgIpc) is 2.87. The van der Waals surface area contributed by atoms with E-state index >= 15 is 0 Å². The van der Waals surface area contributed by atoms with Crippen molar-refractivity contribution in [3.8, 4) is 11.4 Å². The third-order valence-corrected chi connectivity index (χ3v) is 3.62. The Labute approximate surface area is 125 Å². The van der Waals surface area contributed by atoms with Crippen LogP contribution in [0.3, 0.4) is 0 Å². The first-order valence-corrected chi connectivity index (χ1v) is 7.04. The smallest absolute Gasteiger partial charge is 0.182 e. The monoisotopic (exact) mass is 289 g/mol. The summed E-state index contributed by atoms with van der Waals surface area (Å²) in [6, 6.07) is 5.85. The van der Waals surface area contributed by atoms with Gasteiger partial charge in [0.05, 0.1) is 6.54 Å². The fraction of sp³-hybridized carbons (Fsp3) is 0.533. The van der Waals surface area contributed by atoms with Crippen LogP contribution in [0.2, 0.25) is 0 Å². The van der Waals surface area contributed by atoms with Gasteiger partial charge in [-0.15, -0.1) is 5.10 Å². The highest BCUT2D eigenvalue weighted by molar-refractivity contribution is 5.61. The first kappa shape index (κ1) is 15.4. The minimum absolute atomic E-state index is 0.0585. The van der Waals surface area contributed by atoms with Crippen LogP contribution in [-0.4, -0.2) is 33.9 Å². The molecule has 0 unspecified atom stereocenters. The van der Waals surface area contributed by atoms with Gasteiger partial charge in [0.1, 0.15) is 0 Å². The quantitative estimate of drug-likeness (QED) is 0.825. The van der Waals surface area contributed by atoms with Gasteiger partial charge >= 0.3 is 0 Å². The molecule has 1 heterocycles. The minimum atomic E-state index is 0.0585. The zero-order valence-corrected chi connectivity index (χ0v) is 13.1. The summed E-state index contributed by atoms with van der Waals surface area (Å²) >= 11 is 0. The van der Waals surface area contributed by atoms with Gasteiger partial charge in [0.15, 0.2) is 5.82 Å². The zero-order chi connectivity index (χ0) is 15.5. The summed E-state index contributed by atoms with van der Waals surface area (Å²) in [4.78, 5) is 0. The molecule has 0 saturated heterocycles. The van der Waals surface area contributed by atoms with E-state index in [0.717, 1.165) is 42.2 Å². The van der Waals surface area contributed by atoms with Gasteiger partial charge in [0.2, 0.25) is 0 Å². The molecule has 114 valence electrons. The summed E-state index contributed by atoms with van der Waals surface area (Å²) < 4.78 is 7.01. The molecule has 1 aromatic heterocycles. The zero-order valence-electron chi connectivity index (χ0n) is 13.1. The summed E-state index contributed by atoms with van der Waals surface area (Å²) in [5.41, 5.74) is 8.71. The summed E-state index contributed by atoms with van der Waals surface area (Å²) in [6.07, 6.45) is 0.948. The number of nitrogen functional groups attached to an aromatic ring is 1. The number of nitrogens with two attached hydrogens (primary N) is 1. The van der Waals surface area contributed by atoms with Gasteiger partial charge < -0.3 is 10.5 Å². The molecule has 6 nitrogen and oxygen atoms in total. The standard InChI is InChI=1S/C15H23N5O/c1-11-9-12(5-6-13(11)16)14-17-18-19-20(14)10-15(2,3)7-8-21-4/h5-6,9H,7-8,10,16H2,1-4H3. The number of nitrogens with zero attached hydrogens (tertiary/aromatic N) is 4. The Balaban J connectivity index is 2.24. The van der Waals surface area contributed by atoms with Crippen LogP contribution >= 0.6 is 0 Å². The molecular weight excluding hydrogens is 266 g/mol. The number of aromatic nitrogens is 4. The van der Waals surface area contributed by atoms with Gasteiger partial charge in [-0.05, 0) is 52.9 Å². The van der Waals surface area contributed by atoms with Gasteiger partial charge in [-0.3, -0.25) is 0 Å². The second kappa shape index (κ2) is 6.22. The number of rotatable bonds is 6. The highest BCUT2D eigenvalue weighted by Crippen LogP contribution is 2.26. The maximum atomic E-state index is 5.86. The molecule has 21 heavy (non-hydrogen) atoms. The number of anilines is 1. The molecule has 2 rings (SSSR count). The summed E-state index contributed by atoms with van der Waals surface area (Å²) in [5.74, 6) is 0.767. The lowest BCUT2D eigenvalue weighted by Gasteiger charge is -2.24.